The summed E-state index contributed by atoms with van der Waals surface area (Å²) in [5, 5.41) is 3.36. The highest BCUT2D eigenvalue weighted by molar-refractivity contribution is 14.0. The van der Waals surface area contributed by atoms with E-state index >= 15 is 0 Å². The fraction of sp³-hybridized carbons (Fsp3) is 0.391. The molecule has 1 amide bonds. The number of aliphatic imine (C=N–C) groups is 1. The monoisotopic (exact) mass is 522 g/mol. The standard InChI is InChI=1S/C23H30N4O2.HI/c1-3-24-23(27-15-13-26(14-16-27)19(2)28)25-17-20-9-11-22(12-10-20)29-18-21-7-5-4-6-8-21;/h4-12H,3,13-18H2,1-2H3,(H,24,25);1H. The molecular weight excluding hydrogens is 491 g/mol. The minimum atomic E-state index is 0. The third kappa shape index (κ3) is 7.19. The largest absolute Gasteiger partial charge is 0.489 e. The second-order valence-electron chi connectivity index (χ2n) is 7.08. The zero-order valence-corrected chi connectivity index (χ0v) is 20.0. The lowest BCUT2D eigenvalue weighted by molar-refractivity contribution is -0.130. The number of amides is 1. The van der Waals surface area contributed by atoms with Crippen LogP contribution in [0.25, 0.3) is 0 Å². The third-order valence-electron chi connectivity index (χ3n) is 4.94. The summed E-state index contributed by atoms with van der Waals surface area (Å²) in [7, 11) is 0. The smallest absolute Gasteiger partial charge is 0.219 e. The Labute approximate surface area is 196 Å². The number of hydrogen-bond acceptors (Lipinski definition) is 3. The molecule has 30 heavy (non-hydrogen) atoms. The van der Waals surface area contributed by atoms with Crippen LogP contribution in [-0.4, -0.2) is 54.4 Å². The average Bonchev–Trinajstić information content (AvgIpc) is 2.77. The molecule has 7 heteroatoms. The molecule has 0 unspecified atom stereocenters. The van der Waals surface area contributed by atoms with Crippen LogP contribution in [0.2, 0.25) is 0 Å². The third-order valence-corrected chi connectivity index (χ3v) is 4.94. The molecule has 0 atom stereocenters. The first-order chi connectivity index (χ1) is 14.2. The van der Waals surface area contributed by atoms with E-state index in [9.17, 15) is 4.79 Å². The van der Waals surface area contributed by atoms with Crippen LogP contribution < -0.4 is 10.1 Å². The topological polar surface area (TPSA) is 57.2 Å². The van der Waals surface area contributed by atoms with Gasteiger partial charge in [-0.05, 0) is 30.2 Å². The van der Waals surface area contributed by atoms with Gasteiger partial charge < -0.3 is 19.9 Å². The second-order valence-corrected chi connectivity index (χ2v) is 7.08. The predicted molar refractivity (Wildman–Crippen MR) is 131 cm³/mol. The molecule has 162 valence electrons. The van der Waals surface area contributed by atoms with Crippen molar-refractivity contribution in [3.63, 3.8) is 0 Å². The zero-order valence-electron chi connectivity index (χ0n) is 17.7. The maximum atomic E-state index is 11.5. The lowest BCUT2D eigenvalue weighted by Crippen LogP contribution is -2.53. The van der Waals surface area contributed by atoms with E-state index in [2.05, 4.69) is 41.4 Å². The number of nitrogens with one attached hydrogen (secondary N) is 1. The van der Waals surface area contributed by atoms with Crippen molar-refractivity contribution < 1.29 is 9.53 Å². The summed E-state index contributed by atoms with van der Waals surface area (Å²) in [5.41, 5.74) is 2.29. The Balaban J connectivity index is 0.00000320. The van der Waals surface area contributed by atoms with E-state index < -0.39 is 0 Å². The van der Waals surface area contributed by atoms with Crippen LogP contribution in [0.5, 0.6) is 5.75 Å². The van der Waals surface area contributed by atoms with Gasteiger partial charge in [-0.3, -0.25) is 4.79 Å². The molecule has 1 fully saturated rings. The Morgan fingerprint density at radius 3 is 2.20 bits per heavy atom. The molecule has 0 spiro atoms. The first-order valence-electron chi connectivity index (χ1n) is 10.2. The normalized spacial score (nSPS) is 14.1. The van der Waals surface area contributed by atoms with Crippen LogP contribution in [0.1, 0.15) is 25.0 Å². The highest BCUT2D eigenvalue weighted by atomic mass is 127. The number of benzene rings is 2. The first kappa shape index (κ1) is 24.0. The van der Waals surface area contributed by atoms with Crippen molar-refractivity contribution in [1.82, 2.24) is 15.1 Å². The van der Waals surface area contributed by atoms with Gasteiger partial charge >= 0.3 is 0 Å². The van der Waals surface area contributed by atoms with Crippen LogP contribution in [0, 0.1) is 0 Å². The lowest BCUT2D eigenvalue weighted by atomic mass is 10.2. The highest BCUT2D eigenvalue weighted by Gasteiger charge is 2.20. The number of carbonyl (C=O) groups excluding carboxylic acids is 1. The van der Waals surface area contributed by atoms with Crippen molar-refractivity contribution in [2.75, 3.05) is 32.7 Å². The molecule has 0 aromatic heterocycles. The summed E-state index contributed by atoms with van der Waals surface area (Å²) >= 11 is 0. The van der Waals surface area contributed by atoms with Gasteiger partial charge in [-0.2, -0.15) is 0 Å². The Kier molecular flexibility index (Phi) is 9.93. The zero-order chi connectivity index (χ0) is 20.5. The molecule has 0 bridgehead atoms. The number of carbonyl (C=O) groups is 1. The van der Waals surface area contributed by atoms with Gasteiger partial charge in [0.15, 0.2) is 5.96 Å². The summed E-state index contributed by atoms with van der Waals surface area (Å²) < 4.78 is 5.85. The number of halogens is 1. The minimum Gasteiger partial charge on any atom is -0.489 e. The number of hydrogen-bond donors (Lipinski definition) is 1. The fourth-order valence-corrected chi connectivity index (χ4v) is 3.26. The minimum absolute atomic E-state index is 0. The molecule has 1 heterocycles. The summed E-state index contributed by atoms with van der Waals surface area (Å²) in [6.07, 6.45) is 0. The van der Waals surface area contributed by atoms with Gasteiger partial charge in [0, 0.05) is 39.6 Å². The molecule has 1 aliphatic rings. The van der Waals surface area contributed by atoms with Crippen LogP contribution in [-0.2, 0) is 17.9 Å². The number of guanidine groups is 1. The molecular formula is C23H31IN4O2. The molecule has 2 aromatic carbocycles. The molecule has 6 nitrogen and oxygen atoms in total. The Morgan fingerprint density at radius 2 is 1.60 bits per heavy atom. The van der Waals surface area contributed by atoms with Crippen LogP contribution in [0.3, 0.4) is 0 Å². The SMILES string of the molecule is CCNC(=NCc1ccc(OCc2ccccc2)cc1)N1CCN(C(C)=O)CC1.I. The maximum Gasteiger partial charge on any atom is 0.219 e. The van der Waals surface area contributed by atoms with Crippen molar-refractivity contribution in [2.45, 2.75) is 27.0 Å². The van der Waals surface area contributed by atoms with Crippen molar-refractivity contribution in [3.05, 3.63) is 65.7 Å². The van der Waals surface area contributed by atoms with E-state index in [0.717, 1.165) is 55.6 Å². The van der Waals surface area contributed by atoms with E-state index in [0.29, 0.717) is 13.2 Å². The summed E-state index contributed by atoms with van der Waals surface area (Å²) in [5.74, 6) is 1.90. The molecule has 1 aliphatic heterocycles. The Hall–Kier alpha value is -2.29. The van der Waals surface area contributed by atoms with E-state index in [1.165, 1.54) is 0 Å². The Morgan fingerprint density at radius 1 is 0.967 bits per heavy atom. The fourth-order valence-electron chi connectivity index (χ4n) is 3.26. The maximum absolute atomic E-state index is 11.5. The number of ether oxygens (including phenoxy) is 1. The quantitative estimate of drug-likeness (QED) is 0.359. The van der Waals surface area contributed by atoms with Crippen LogP contribution in [0.4, 0.5) is 0 Å². The van der Waals surface area contributed by atoms with Crippen molar-refractivity contribution >= 4 is 35.8 Å². The number of piperazine rings is 1. The number of rotatable bonds is 6. The Bertz CT molecular complexity index is 804. The van der Waals surface area contributed by atoms with Gasteiger partial charge in [0.2, 0.25) is 5.91 Å². The highest BCUT2D eigenvalue weighted by Crippen LogP contribution is 2.15. The van der Waals surface area contributed by atoms with Crippen molar-refractivity contribution in [2.24, 2.45) is 4.99 Å². The summed E-state index contributed by atoms with van der Waals surface area (Å²) in [6, 6.07) is 18.2. The van der Waals surface area contributed by atoms with Gasteiger partial charge in [0.1, 0.15) is 12.4 Å². The van der Waals surface area contributed by atoms with E-state index in [4.69, 9.17) is 9.73 Å². The second kappa shape index (κ2) is 12.4. The lowest BCUT2D eigenvalue weighted by Gasteiger charge is -2.36. The van der Waals surface area contributed by atoms with Crippen LogP contribution in [0.15, 0.2) is 59.6 Å². The molecule has 1 N–H and O–H groups in total. The predicted octanol–water partition coefficient (Wildman–Crippen LogP) is 3.51. The molecule has 0 aliphatic carbocycles. The molecule has 1 saturated heterocycles. The van der Waals surface area contributed by atoms with Crippen LogP contribution >= 0.6 is 24.0 Å². The van der Waals surface area contributed by atoms with Gasteiger partial charge in [-0.15, -0.1) is 24.0 Å². The summed E-state index contributed by atoms with van der Waals surface area (Å²) in [6.45, 7) is 8.78. The molecule has 3 rings (SSSR count). The van der Waals surface area contributed by atoms with E-state index in [-0.39, 0.29) is 29.9 Å². The van der Waals surface area contributed by atoms with Gasteiger partial charge in [0.05, 0.1) is 6.54 Å². The summed E-state index contributed by atoms with van der Waals surface area (Å²) in [4.78, 5) is 20.4. The molecule has 2 aromatic rings. The van der Waals surface area contributed by atoms with Gasteiger partial charge in [-0.1, -0.05) is 42.5 Å². The first-order valence-corrected chi connectivity index (χ1v) is 10.2. The van der Waals surface area contributed by atoms with E-state index in [1.54, 1.807) is 6.92 Å². The molecule has 0 radical (unpaired) electrons. The number of nitrogens with zero attached hydrogens (tertiary/aromatic N) is 3. The van der Waals surface area contributed by atoms with Crippen molar-refractivity contribution in [3.8, 4) is 5.75 Å². The average molecular weight is 522 g/mol. The van der Waals surface area contributed by atoms with Gasteiger partial charge in [-0.25, -0.2) is 4.99 Å². The van der Waals surface area contributed by atoms with Crippen molar-refractivity contribution in [1.29, 1.82) is 0 Å². The van der Waals surface area contributed by atoms with E-state index in [1.807, 2.05) is 35.2 Å². The molecule has 0 saturated carbocycles. The van der Waals surface area contributed by atoms with Gasteiger partial charge in [0.25, 0.3) is 0 Å².